The Labute approximate surface area is 171 Å². The van der Waals surface area contributed by atoms with Crippen LogP contribution in [0.25, 0.3) is 16.7 Å². The molecular weight excluding hydrogens is 386 g/mol. The zero-order chi connectivity index (χ0) is 21.1. The predicted octanol–water partition coefficient (Wildman–Crippen LogP) is 2.19. The Balaban J connectivity index is 1.60. The van der Waals surface area contributed by atoms with E-state index in [-0.39, 0.29) is 29.9 Å². The van der Waals surface area contributed by atoms with Crippen LogP contribution in [0, 0.1) is 0 Å². The van der Waals surface area contributed by atoms with Gasteiger partial charge < -0.3 is 14.8 Å². The van der Waals surface area contributed by atoms with Crippen molar-refractivity contribution in [2.45, 2.75) is 19.6 Å². The fraction of sp³-hybridized carbons (Fsp3) is 0.190. The van der Waals surface area contributed by atoms with E-state index in [0.717, 1.165) is 5.56 Å². The van der Waals surface area contributed by atoms with E-state index in [1.807, 2.05) is 30.3 Å². The fourth-order valence-corrected chi connectivity index (χ4v) is 2.94. The molecule has 9 nitrogen and oxygen atoms in total. The molecule has 4 aromatic rings. The van der Waals surface area contributed by atoms with Gasteiger partial charge in [-0.25, -0.2) is 9.78 Å². The first-order chi connectivity index (χ1) is 14.6. The lowest BCUT2D eigenvalue weighted by molar-refractivity contribution is -0.145. The number of carbonyl (C=O) groups excluding carboxylic acids is 1. The lowest BCUT2D eigenvalue weighted by Gasteiger charge is -2.15. The lowest BCUT2D eigenvalue weighted by Crippen LogP contribution is -2.30. The monoisotopic (exact) mass is 405 g/mol. The predicted molar refractivity (Wildman–Crippen MR) is 110 cm³/mol. The van der Waals surface area contributed by atoms with E-state index in [9.17, 15) is 9.59 Å². The number of hydrogen-bond acceptors (Lipinski definition) is 8. The van der Waals surface area contributed by atoms with Crippen LogP contribution in [0.15, 0.2) is 59.4 Å². The molecule has 1 N–H and O–H groups in total. The molecule has 2 heterocycles. The number of nitrogens with one attached hydrogen (secondary N) is 1. The molecule has 2 aromatic heterocycles. The number of fused-ring (bicyclic) bond motifs is 2. The number of hydrogen-bond donors (Lipinski definition) is 1. The SMILES string of the molecule is COc1nc(N[C@@H](C)C(=O)OCc2ccccc2)nc2nc3ccccc3c(=O)n12. The third kappa shape index (κ3) is 3.77. The van der Waals surface area contributed by atoms with Crippen molar-refractivity contribution in [2.75, 3.05) is 12.4 Å². The van der Waals surface area contributed by atoms with Crippen LogP contribution in [0.5, 0.6) is 6.01 Å². The van der Waals surface area contributed by atoms with Gasteiger partial charge in [-0.2, -0.15) is 14.4 Å². The molecule has 4 rings (SSSR count). The number of methoxy groups -OCH3 is 1. The highest BCUT2D eigenvalue weighted by Gasteiger charge is 2.19. The van der Waals surface area contributed by atoms with Crippen molar-refractivity contribution in [1.82, 2.24) is 19.4 Å². The first-order valence-corrected chi connectivity index (χ1v) is 9.27. The van der Waals surface area contributed by atoms with Crippen molar-refractivity contribution in [3.8, 4) is 6.01 Å². The van der Waals surface area contributed by atoms with Crippen LogP contribution in [0.1, 0.15) is 12.5 Å². The summed E-state index contributed by atoms with van der Waals surface area (Å²) < 4.78 is 11.8. The molecule has 0 saturated carbocycles. The standard InChI is InChI=1S/C21H19N5O4/c1-13(18(28)30-12-14-8-4-3-5-9-14)22-19-24-20-23-16-11-7-6-10-15(16)17(27)26(20)21(25-19)29-2/h3-11,13H,12H2,1-2H3,(H,22,23,24)/t13-/m0/s1. The molecule has 0 aliphatic rings. The maximum absolute atomic E-state index is 12.8. The van der Waals surface area contributed by atoms with Gasteiger partial charge in [-0.1, -0.05) is 42.5 Å². The highest BCUT2D eigenvalue weighted by Crippen LogP contribution is 2.15. The van der Waals surface area contributed by atoms with Crippen LogP contribution in [0.3, 0.4) is 0 Å². The Kier molecular flexibility index (Phi) is 5.25. The molecule has 0 aliphatic heterocycles. The molecule has 1 atom stereocenters. The average molecular weight is 405 g/mol. The summed E-state index contributed by atoms with van der Waals surface area (Å²) in [6.45, 7) is 1.80. The number of rotatable bonds is 6. The lowest BCUT2D eigenvalue weighted by atomic mass is 10.2. The van der Waals surface area contributed by atoms with Crippen LogP contribution in [0.2, 0.25) is 0 Å². The summed E-state index contributed by atoms with van der Waals surface area (Å²) in [5.41, 5.74) is 1.05. The zero-order valence-electron chi connectivity index (χ0n) is 16.4. The van der Waals surface area contributed by atoms with E-state index in [1.54, 1.807) is 31.2 Å². The molecule has 0 radical (unpaired) electrons. The summed E-state index contributed by atoms with van der Waals surface area (Å²) in [6, 6.07) is 15.6. The average Bonchev–Trinajstić information content (AvgIpc) is 2.77. The zero-order valence-corrected chi connectivity index (χ0v) is 16.4. The van der Waals surface area contributed by atoms with Gasteiger partial charge in [0.15, 0.2) is 0 Å². The summed E-state index contributed by atoms with van der Waals surface area (Å²) in [4.78, 5) is 38.0. The minimum absolute atomic E-state index is 0.00982. The van der Waals surface area contributed by atoms with Crippen LogP contribution < -0.4 is 15.6 Å². The number of para-hydroxylation sites is 1. The first-order valence-electron chi connectivity index (χ1n) is 9.27. The van der Waals surface area contributed by atoms with Crippen molar-refractivity contribution in [2.24, 2.45) is 0 Å². The number of anilines is 1. The molecule has 0 saturated heterocycles. The third-order valence-corrected chi connectivity index (χ3v) is 4.46. The van der Waals surface area contributed by atoms with Gasteiger partial charge in [0.2, 0.25) is 11.7 Å². The number of benzene rings is 2. The summed E-state index contributed by atoms with van der Waals surface area (Å²) in [7, 11) is 1.39. The third-order valence-electron chi connectivity index (χ3n) is 4.46. The Bertz CT molecular complexity index is 1270. The summed E-state index contributed by atoms with van der Waals surface area (Å²) >= 11 is 0. The van der Waals surface area contributed by atoms with Gasteiger partial charge in [0.25, 0.3) is 5.56 Å². The molecule has 0 fully saturated rings. The van der Waals surface area contributed by atoms with Crippen molar-refractivity contribution >= 4 is 28.6 Å². The Morgan fingerprint density at radius 3 is 2.57 bits per heavy atom. The van der Waals surface area contributed by atoms with E-state index in [0.29, 0.717) is 10.9 Å². The van der Waals surface area contributed by atoms with Gasteiger partial charge >= 0.3 is 12.0 Å². The summed E-state index contributed by atoms with van der Waals surface area (Å²) in [5, 5.41) is 3.31. The topological polar surface area (TPSA) is 108 Å². The minimum Gasteiger partial charge on any atom is -0.468 e. The highest BCUT2D eigenvalue weighted by atomic mass is 16.5. The second-order valence-corrected chi connectivity index (χ2v) is 6.56. The fourth-order valence-electron chi connectivity index (χ4n) is 2.94. The van der Waals surface area contributed by atoms with E-state index in [4.69, 9.17) is 9.47 Å². The van der Waals surface area contributed by atoms with Crippen molar-refractivity contribution < 1.29 is 14.3 Å². The Morgan fingerprint density at radius 2 is 1.80 bits per heavy atom. The maximum Gasteiger partial charge on any atom is 0.328 e. The molecular formula is C21H19N5O4. The molecule has 9 heteroatoms. The van der Waals surface area contributed by atoms with Crippen LogP contribution in [-0.4, -0.2) is 38.5 Å². The van der Waals surface area contributed by atoms with Gasteiger partial charge in [-0.3, -0.25) is 4.79 Å². The molecule has 152 valence electrons. The molecule has 0 unspecified atom stereocenters. The largest absolute Gasteiger partial charge is 0.468 e. The van der Waals surface area contributed by atoms with Gasteiger partial charge in [0.1, 0.15) is 12.6 Å². The quantitative estimate of drug-likeness (QED) is 0.384. The van der Waals surface area contributed by atoms with Gasteiger partial charge in [0, 0.05) is 0 Å². The number of ether oxygens (including phenoxy) is 2. The van der Waals surface area contributed by atoms with E-state index in [2.05, 4.69) is 20.3 Å². The van der Waals surface area contributed by atoms with E-state index in [1.165, 1.54) is 11.5 Å². The first kappa shape index (κ1) is 19.3. The second-order valence-electron chi connectivity index (χ2n) is 6.56. The minimum atomic E-state index is -0.729. The molecule has 2 aromatic carbocycles. The summed E-state index contributed by atoms with van der Waals surface area (Å²) in [6.07, 6.45) is 0. The Morgan fingerprint density at radius 1 is 1.07 bits per heavy atom. The normalized spacial score (nSPS) is 11.9. The van der Waals surface area contributed by atoms with Gasteiger partial charge in [-0.15, -0.1) is 0 Å². The van der Waals surface area contributed by atoms with E-state index < -0.39 is 12.0 Å². The van der Waals surface area contributed by atoms with Crippen LogP contribution >= 0.6 is 0 Å². The smallest absolute Gasteiger partial charge is 0.328 e. The molecule has 0 spiro atoms. The molecule has 30 heavy (non-hydrogen) atoms. The maximum atomic E-state index is 12.8. The van der Waals surface area contributed by atoms with Crippen LogP contribution in [0.4, 0.5) is 5.95 Å². The molecule has 0 aliphatic carbocycles. The second kappa shape index (κ2) is 8.16. The van der Waals surface area contributed by atoms with Gasteiger partial charge in [-0.05, 0) is 24.6 Å². The van der Waals surface area contributed by atoms with Gasteiger partial charge in [0.05, 0.1) is 18.0 Å². The van der Waals surface area contributed by atoms with Crippen molar-refractivity contribution in [1.29, 1.82) is 0 Å². The molecule has 0 amide bonds. The number of esters is 1. The van der Waals surface area contributed by atoms with Crippen LogP contribution in [-0.2, 0) is 16.1 Å². The summed E-state index contributed by atoms with van der Waals surface area (Å²) in [5.74, 6) is -0.263. The highest BCUT2D eigenvalue weighted by molar-refractivity contribution is 5.80. The number of nitrogens with zero attached hydrogens (tertiary/aromatic N) is 4. The van der Waals surface area contributed by atoms with Crippen molar-refractivity contribution in [3.63, 3.8) is 0 Å². The molecule has 0 bridgehead atoms. The Hall–Kier alpha value is -4.01. The van der Waals surface area contributed by atoms with Crippen molar-refractivity contribution in [3.05, 3.63) is 70.5 Å². The number of carbonyl (C=O) groups is 1. The number of aromatic nitrogens is 4. The van der Waals surface area contributed by atoms with E-state index >= 15 is 0 Å².